The number of hydrogen-bond donors (Lipinski definition) is 2. The summed E-state index contributed by atoms with van der Waals surface area (Å²) in [7, 11) is 0. The molecule has 2 N–H and O–H groups in total. The van der Waals surface area contributed by atoms with Crippen molar-refractivity contribution >= 4 is 5.91 Å². The largest absolute Gasteiger partial charge is 0.352 e. The van der Waals surface area contributed by atoms with Crippen molar-refractivity contribution < 1.29 is 4.79 Å². The Labute approximate surface area is 142 Å². The molecule has 2 heterocycles. The molecule has 0 radical (unpaired) electrons. The van der Waals surface area contributed by atoms with Gasteiger partial charge in [-0.3, -0.25) is 9.48 Å². The summed E-state index contributed by atoms with van der Waals surface area (Å²) in [6, 6.07) is 10.1. The minimum Gasteiger partial charge on any atom is -0.352 e. The Morgan fingerprint density at radius 3 is 2.79 bits per heavy atom. The minimum absolute atomic E-state index is 0.0466. The molecule has 0 saturated carbocycles. The second-order valence-corrected chi connectivity index (χ2v) is 6.11. The number of carbonyl (C=O) groups excluding carboxylic acids is 1. The lowest BCUT2D eigenvalue weighted by molar-refractivity contribution is 0.0951. The van der Waals surface area contributed by atoms with E-state index in [0.29, 0.717) is 18.7 Å². The van der Waals surface area contributed by atoms with Crippen molar-refractivity contribution in [1.82, 2.24) is 25.3 Å². The first kappa shape index (κ1) is 16.7. The zero-order chi connectivity index (χ0) is 16.6. The van der Waals surface area contributed by atoms with Gasteiger partial charge >= 0.3 is 0 Å². The number of nitrogens with one attached hydrogen (secondary N) is 2. The first-order valence-corrected chi connectivity index (χ1v) is 8.59. The molecule has 6 heteroatoms. The number of nitrogens with zero attached hydrogens (tertiary/aromatic N) is 3. The van der Waals surface area contributed by atoms with Crippen molar-refractivity contribution in [1.29, 1.82) is 0 Å². The summed E-state index contributed by atoms with van der Waals surface area (Å²) >= 11 is 0. The number of aromatic nitrogens is 2. The number of piperazine rings is 1. The van der Waals surface area contributed by atoms with Gasteiger partial charge < -0.3 is 15.5 Å². The molecule has 0 unspecified atom stereocenters. The van der Waals surface area contributed by atoms with Crippen molar-refractivity contribution in [3.05, 3.63) is 53.9 Å². The first-order valence-electron chi connectivity index (χ1n) is 8.59. The van der Waals surface area contributed by atoms with Gasteiger partial charge in [0.15, 0.2) is 0 Å². The maximum atomic E-state index is 12.2. The summed E-state index contributed by atoms with van der Waals surface area (Å²) < 4.78 is 1.80. The molecule has 0 aliphatic carbocycles. The van der Waals surface area contributed by atoms with Crippen LogP contribution < -0.4 is 10.6 Å². The highest BCUT2D eigenvalue weighted by molar-refractivity contribution is 5.93. The van der Waals surface area contributed by atoms with Crippen LogP contribution in [0.2, 0.25) is 0 Å². The zero-order valence-electron chi connectivity index (χ0n) is 13.9. The summed E-state index contributed by atoms with van der Waals surface area (Å²) in [5.74, 6) is -0.0466. The third-order valence-corrected chi connectivity index (χ3v) is 4.23. The number of amides is 1. The van der Waals surface area contributed by atoms with Gasteiger partial charge in [-0.2, -0.15) is 5.10 Å². The summed E-state index contributed by atoms with van der Waals surface area (Å²) in [6.07, 6.45) is 4.41. The summed E-state index contributed by atoms with van der Waals surface area (Å²) in [6.45, 7) is 6.74. The fourth-order valence-corrected chi connectivity index (χ4v) is 2.88. The van der Waals surface area contributed by atoms with E-state index in [9.17, 15) is 4.79 Å². The summed E-state index contributed by atoms with van der Waals surface area (Å²) in [5.41, 5.74) is 1.79. The van der Waals surface area contributed by atoms with E-state index in [1.54, 1.807) is 17.1 Å². The Morgan fingerprint density at radius 1 is 1.21 bits per heavy atom. The molecular weight excluding hydrogens is 302 g/mol. The van der Waals surface area contributed by atoms with Gasteiger partial charge in [-0.25, -0.2) is 0 Å². The monoisotopic (exact) mass is 327 g/mol. The molecule has 1 amide bonds. The SMILES string of the molecule is O=C(NCCCN1CCNCC1)c1cnn(Cc2ccccc2)c1. The number of benzene rings is 1. The van der Waals surface area contributed by atoms with Gasteiger partial charge in [-0.15, -0.1) is 0 Å². The Morgan fingerprint density at radius 2 is 2.00 bits per heavy atom. The van der Waals surface area contributed by atoms with Crippen LogP contribution in [0.4, 0.5) is 0 Å². The number of carbonyl (C=O) groups is 1. The second kappa shape index (κ2) is 8.61. The molecule has 0 atom stereocenters. The van der Waals surface area contributed by atoms with E-state index in [4.69, 9.17) is 0 Å². The fourth-order valence-electron chi connectivity index (χ4n) is 2.88. The fraction of sp³-hybridized carbons (Fsp3) is 0.444. The first-order chi connectivity index (χ1) is 11.8. The highest BCUT2D eigenvalue weighted by Gasteiger charge is 2.10. The van der Waals surface area contributed by atoms with Crippen LogP contribution in [0.15, 0.2) is 42.7 Å². The van der Waals surface area contributed by atoms with Crippen LogP contribution in [0.5, 0.6) is 0 Å². The van der Waals surface area contributed by atoms with Gasteiger partial charge in [0.25, 0.3) is 5.91 Å². The molecule has 1 saturated heterocycles. The lowest BCUT2D eigenvalue weighted by Gasteiger charge is -2.27. The maximum Gasteiger partial charge on any atom is 0.254 e. The van der Waals surface area contributed by atoms with E-state index < -0.39 is 0 Å². The molecule has 0 spiro atoms. The van der Waals surface area contributed by atoms with Gasteiger partial charge in [0, 0.05) is 38.9 Å². The molecule has 0 bridgehead atoms. The molecular formula is C18H25N5O. The van der Waals surface area contributed by atoms with Crippen LogP contribution >= 0.6 is 0 Å². The predicted molar refractivity (Wildman–Crippen MR) is 94.0 cm³/mol. The molecule has 128 valence electrons. The molecule has 6 nitrogen and oxygen atoms in total. The van der Waals surface area contributed by atoms with Crippen LogP contribution in [0, 0.1) is 0 Å². The van der Waals surface area contributed by atoms with E-state index in [1.165, 1.54) is 5.56 Å². The van der Waals surface area contributed by atoms with Crippen LogP contribution in [0.3, 0.4) is 0 Å². The molecule has 1 aliphatic heterocycles. The standard InChI is InChI=1S/C18H25N5O/c24-18(20-7-4-10-22-11-8-19-9-12-22)17-13-21-23(15-17)14-16-5-2-1-3-6-16/h1-3,5-6,13,15,19H,4,7-12,14H2,(H,20,24). The van der Waals surface area contributed by atoms with E-state index >= 15 is 0 Å². The number of hydrogen-bond acceptors (Lipinski definition) is 4. The van der Waals surface area contributed by atoms with Gasteiger partial charge in [0.05, 0.1) is 18.3 Å². The number of rotatable bonds is 7. The molecule has 2 aromatic rings. The van der Waals surface area contributed by atoms with Crippen LogP contribution in [0.1, 0.15) is 22.3 Å². The van der Waals surface area contributed by atoms with E-state index in [0.717, 1.165) is 39.1 Å². The Kier molecular flexibility index (Phi) is 5.98. The smallest absolute Gasteiger partial charge is 0.254 e. The third kappa shape index (κ3) is 4.91. The molecule has 1 aliphatic rings. The van der Waals surface area contributed by atoms with Crippen molar-refractivity contribution in [3.8, 4) is 0 Å². The van der Waals surface area contributed by atoms with Crippen molar-refractivity contribution in [2.75, 3.05) is 39.3 Å². The minimum atomic E-state index is -0.0466. The third-order valence-electron chi connectivity index (χ3n) is 4.23. The average Bonchev–Trinajstić information content (AvgIpc) is 3.09. The lowest BCUT2D eigenvalue weighted by Crippen LogP contribution is -2.44. The van der Waals surface area contributed by atoms with Crippen LogP contribution in [-0.4, -0.2) is 59.9 Å². The van der Waals surface area contributed by atoms with Gasteiger partial charge in [0.2, 0.25) is 0 Å². The average molecular weight is 327 g/mol. The Hall–Kier alpha value is -2.18. The second-order valence-electron chi connectivity index (χ2n) is 6.11. The van der Waals surface area contributed by atoms with Gasteiger partial charge in [0.1, 0.15) is 0 Å². The molecule has 1 fully saturated rings. The highest BCUT2D eigenvalue weighted by Crippen LogP contribution is 2.04. The van der Waals surface area contributed by atoms with Gasteiger partial charge in [-0.05, 0) is 18.5 Å². The van der Waals surface area contributed by atoms with Crippen molar-refractivity contribution in [3.63, 3.8) is 0 Å². The maximum absolute atomic E-state index is 12.2. The molecule has 1 aromatic heterocycles. The Bertz CT molecular complexity index is 634. The van der Waals surface area contributed by atoms with E-state index in [2.05, 4.69) is 32.8 Å². The molecule has 3 rings (SSSR count). The van der Waals surface area contributed by atoms with Gasteiger partial charge in [-0.1, -0.05) is 30.3 Å². The lowest BCUT2D eigenvalue weighted by atomic mass is 10.2. The summed E-state index contributed by atoms with van der Waals surface area (Å²) in [4.78, 5) is 14.6. The normalized spacial score (nSPS) is 15.3. The molecule has 24 heavy (non-hydrogen) atoms. The Balaban J connectivity index is 1.40. The van der Waals surface area contributed by atoms with E-state index in [-0.39, 0.29) is 5.91 Å². The summed E-state index contributed by atoms with van der Waals surface area (Å²) in [5, 5.41) is 10.6. The van der Waals surface area contributed by atoms with Crippen molar-refractivity contribution in [2.24, 2.45) is 0 Å². The van der Waals surface area contributed by atoms with Crippen LogP contribution in [0.25, 0.3) is 0 Å². The predicted octanol–water partition coefficient (Wildman–Crippen LogP) is 0.957. The highest BCUT2D eigenvalue weighted by atomic mass is 16.1. The molecule has 1 aromatic carbocycles. The zero-order valence-corrected chi connectivity index (χ0v) is 13.9. The topological polar surface area (TPSA) is 62.2 Å². The van der Waals surface area contributed by atoms with Crippen LogP contribution in [-0.2, 0) is 6.54 Å². The quantitative estimate of drug-likeness (QED) is 0.744. The van der Waals surface area contributed by atoms with Crippen molar-refractivity contribution in [2.45, 2.75) is 13.0 Å². The van der Waals surface area contributed by atoms with E-state index in [1.807, 2.05) is 18.2 Å².